The number of para-hydroxylation sites is 1. The highest BCUT2D eigenvalue weighted by Crippen LogP contribution is 2.33. The maximum atomic E-state index is 13.7. The lowest BCUT2D eigenvalue weighted by molar-refractivity contribution is -0.133. The fourth-order valence-electron chi connectivity index (χ4n) is 4.99. The zero-order valence-electron chi connectivity index (χ0n) is 23.7. The van der Waals surface area contributed by atoms with Crippen LogP contribution < -0.4 is 26.0 Å². The van der Waals surface area contributed by atoms with Gasteiger partial charge in [0.05, 0.1) is 11.1 Å². The van der Waals surface area contributed by atoms with Crippen LogP contribution >= 0.6 is 34.2 Å². The lowest BCUT2D eigenvalue weighted by atomic mass is 10.00. The molecular weight excluding hydrogens is 655 g/mol. The van der Waals surface area contributed by atoms with Crippen molar-refractivity contribution in [2.24, 2.45) is 11.8 Å². The molecule has 4 rings (SSSR count). The number of rotatable bonds is 5. The van der Waals surface area contributed by atoms with E-state index in [9.17, 15) is 14.4 Å². The molecule has 10 heteroatoms. The molecule has 41 heavy (non-hydrogen) atoms. The first-order valence-corrected chi connectivity index (χ1v) is 15.9. The van der Waals surface area contributed by atoms with Crippen LogP contribution in [0.5, 0.6) is 5.75 Å². The minimum atomic E-state index is -0.784. The van der Waals surface area contributed by atoms with Crippen molar-refractivity contribution in [2.45, 2.75) is 70.5 Å². The molecule has 1 aliphatic heterocycles. The number of nitrogens with one attached hydrogen (secondary N) is 4. The summed E-state index contributed by atoms with van der Waals surface area (Å²) < 4.78 is 7.01. The summed E-state index contributed by atoms with van der Waals surface area (Å²) in [4.78, 5) is 40.3. The highest BCUT2D eigenvalue weighted by Gasteiger charge is 2.34. The topological polar surface area (TPSA) is 109 Å². The van der Waals surface area contributed by atoms with Crippen LogP contribution in [0, 0.1) is 15.4 Å². The van der Waals surface area contributed by atoms with E-state index in [1.807, 2.05) is 56.3 Å². The standard InChI is InChI=1S/C31H40ClIN4O4/c1-19(2)28-31(40)36-26(17-20-9-10-20)29(38)35-13-5-7-22-6-3-4-8-27(22)41-15-14-34-25(30(39)37-28)18-21-11-12-23(32)24(33)16-21/h3-4,6,8,11-12,16,19-20,25-26,28,34H,5,7,9-10,13-15,17-18H2,1-2H3,(H,35,38)(H,36,40)(H,37,39)/t25-,26+,28-/m1/s1. The first-order valence-electron chi connectivity index (χ1n) is 14.5. The maximum absolute atomic E-state index is 13.7. The van der Waals surface area contributed by atoms with Crippen LogP contribution in [-0.4, -0.2) is 55.5 Å². The second kappa shape index (κ2) is 15.2. The van der Waals surface area contributed by atoms with E-state index in [-0.39, 0.29) is 23.6 Å². The fourth-order valence-corrected chi connectivity index (χ4v) is 5.68. The Hall–Kier alpha value is -2.37. The smallest absolute Gasteiger partial charge is 0.243 e. The normalized spacial score (nSPS) is 23.3. The van der Waals surface area contributed by atoms with Crippen LogP contribution in [0.1, 0.15) is 50.7 Å². The number of benzene rings is 2. The van der Waals surface area contributed by atoms with Crippen LogP contribution in [0.3, 0.4) is 0 Å². The molecule has 0 saturated heterocycles. The minimum absolute atomic E-state index is 0.175. The third-order valence-corrected chi connectivity index (χ3v) is 9.07. The minimum Gasteiger partial charge on any atom is -0.492 e. The number of aryl methyl sites for hydroxylation is 1. The zero-order chi connectivity index (χ0) is 29.4. The number of amides is 3. The number of hydrogen-bond acceptors (Lipinski definition) is 5. The van der Waals surface area contributed by atoms with E-state index in [2.05, 4.69) is 43.9 Å². The molecule has 2 aliphatic rings. The Morgan fingerprint density at radius 1 is 0.976 bits per heavy atom. The third-order valence-electron chi connectivity index (χ3n) is 7.53. The first kappa shape index (κ1) is 31.6. The molecule has 2 aromatic carbocycles. The van der Waals surface area contributed by atoms with Gasteiger partial charge in [0.2, 0.25) is 17.7 Å². The van der Waals surface area contributed by atoms with E-state index in [0.29, 0.717) is 43.5 Å². The van der Waals surface area contributed by atoms with Crippen molar-refractivity contribution < 1.29 is 19.1 Å². The largest absolute Gasteiger partial charge is 0.492 e. The number of hydrogen-bond donors (Lipinski definition) is 4. The van der Waals surface area contributed by atoms with Gasteiger partial charge in [-0.05, 0) is 89.4 Å². The van der Waals surface area contributed by atoms with E-state index < -0.39 is 18.1 Å². The number of fused-ring (bicyclic) bond motifs is 1. The average molecular weight is 695 g/mol. The van der Waals surface area contributed by atoms with Gasteiger partial charge in [-0.3, -0.25) is 14.4 Å². The number of carbonyl (C=O) groups is 3. The quantitative estimate of drug-likeness (QED) is 0.354. The molecule has 0 aromatic heterocycles. The van der Waals surface area contributed by atoms with Crippen LogP contribution in [0.2, 0.25) is 5.02 Å². The molecule has 0 unspecified atom stereocenters. The maximum Gasteiger partial charge on any atom is 0.243 e. The number of halogens is 2. The second-order valence-electron chi connectivity index (χ2n) is 11.3. The molecule has 3 atom stereocenters. The van der Waals surface area contributed by atoms with Crippen molar-refractivity contribution in [3.05, 3.63) is 62.2 Å². The lowest BCUT2D eigenvalue weighted by Gasteiger charge is -2.27. The van der Waals surface area contributed by atoms with Gasteiger partial charge in [-0.15, -0.1) is 0 Å². The van der Waals surface area contributed by atoms with Gasteiger partial charge in [0, 0.05) is 16.7 Å². The van der Waals surface area contributed by atoms with Gasteiger partial charge in [0.1, 0.15) is 24.4 Å². The van der Waals surface area contributed by atoms with E-state index in [1.165, 1.54) is 0 Å². The summed E-state index contributed by atoms with van der Waals surface area (Å²) in [5.41, 5.74) is 2.02. The van der Waals surface area contributed by atoms with E-state index in [0.717, 1.165) is 46.1 Å². The van der Waals surface area contributed by atoms with Gasteiger partial charge in [0.15, 0.2) is 0 Å². The van der Waals surface area contributed by atoms with Gasteiger partial charge in [-0.1, -0.05) is 62.6 Å². The van der Waals surface area contributed by atoms with E-state index in [1.54, 1.807) is 0 Å². The molecule has 2 aromatic rings. The molecule has 0 bridgehead atoms. The van der Waals surface area contributed by atoms with E-state index >= 15 is 0 Å². The molecule has 1 heterocycles. The molecule has 1 fully saturated rings. The molecule has 1 aliphatic carbocycles. The summed E-state index contributed by atoms with van der Waals surface area (Å²) in [6, 6.07) is 11.6. The van der Waals surface area contributed by atoms with Crippen molar-refractivity contribution in [3.8, 4) is 5.75 Å². The van der Waals surface area contributed by atoms with Gasteiger partial charge in [-0.2, -0.15) is 0 Å². The Kier molecular flexibility index (Phi) is 11.7. The highest BCUT2D eigenvalue weighted by atomic mass is 127. The Morgan fingerprint density at radius 3 is 2.49 bits per heavy atom. The zero-order valence-corrected chi connectivity index (χ0v) is 26.6. The summed E-state index contributed by atoms with van der Waals surface area (Å²) >= 11 is 8.40. The summed E-state index contributed by atoms with van der Waals surface area (Å²) in [6.07, 6.45) is 4.65. The summed E-state index contributed by atoms with van der Waals surface area (Å²) in [5, 5.41) is 13.0. The monoisotopic (exact) mass is 694 g/mol. The third kappa shape index (κ3) is 9.58. The molecule has 8 nitrogen and oxygen atoms in total. The van der Waals surface area contributed by atoms with Crippen LogP contribution in [0.15, 0.2) is 42.5 Å². The van der Waals surface area contributed by atoms with Gasteiger partial charge in [0.25, 0.3) is 0 Å². The molecule has 3 amide bonds. The van der Waals surface area contributed by atoms with Gasteiger partial charge in [-0.25, -0.2) is 0 Å². The SMILES string of the molecule is CC(C)[C@H]1NC(=O)[C@@H](Cc2ccc(Cl)c(I)c2)NCCOc2ccccc2CCCNC(=O)[C@H](CC2CC2)NC1=O. The Morgan fingerprint density at radius 2 is 1.76 bits per heavy atom. The molecule has 0 radical (unpaired) electrons. The van der Waals surface area contributed by atoms with Crippen molar-refractivity contribution in [3.63, 3.8) is 0 Å². The fraction of sp³-hybridized carbons (Fsp3) is 0.516. The van der Waals surface area contributed by atoms with Crippen molar-refractivity contribution in [1.82, 2.24) is 21.3 Å². The van der Waals surface area contributed by atoms with Crippen LogP contribution in [0.4, 0.5) is 0 Å². The molecular formula is C31H40ClIN4O4. The Balaban J connectivity index is 1.57. The summed E-state index contributed by atoms with van der Waals surface area (Å²) in [5.74, 6) is 0.262. The van der Waals surface area contributed by atoms with Gasteiger partial charge >= 0.3 is 0 Å². The number of carbonyl (C=O) groups excluding carboxylic acids is 3. The summed E-state index contributed by atoms with van der Waals surface area (Å²) in [6.45, 7) is 5.09. The van der Waals surface area contributed by atoms with Crippen LogP contribution in [0.25, 0.3) is 0 Å². The number of ether oxygens (including phenoxy) is 1. The molecule has 4 N–H and O–H groups in total. The lowest BCUT2D eigenvalue weighted by Crippen LogP contribution is -2.58. The van der Waals surface area contributed by atoms with Crippen LogP contribution in [-0.2, 0) is 27.2 Å². The first-order chi connectivity index (χ1) is 19.7. The molecule has 0 spiro atoms. The van der Waals surface area contributed by atoms with Crippen molar-refractivity contribution in [1.29, 1.82) is 0 Å². The molecule has 222 valence electrons. The predicted molar refractivity (Wildman–Crippen MR) is 169 cm³/mol. The van der Waals surface area contributed by atoms with Gasteiger partial charge < -0.3 is 26.0 Å². The average Bonchev–Trinajstić information content (AvgIpc) is 3.76. The Labute approximate surface area is 261 Å². The second-order valence-corrected chi connectivity index (χ2v) is 12.8. The van der Waals surface area contributed by atoms with E-state index in [4.69, 9.17) is 16.3 Å². The predicted octanol–water partition coefficient (Wildman–Crippen LogP) is 4.01. The molecule has 1 saturated carbocycles. The van der Waals surface area contributed by atoms with Crippen molar-refractivity contribution >= 4 is 51.9 Å². The summed E-state index contributed by atoms with van der Waals surface area (Å²) in [7, 11) is 0. The Bertz CT molecular complexity index is 1220. The highest BCUT2D eigenvalue weighted by molar-refractivity contribution is 14.1. The van der Waals surface area contributed by atoms with Crippen molar-refractivity contribution in [2.75, 3.05) is 19.7 Å².